The standard InChI is InChI=1S/C24H18INO3S/c26-30(28,29)24-22(19-14-8-3-9-15-19)20(17-10-4-1-5-11-17)16-21(23(24)25-27)18-12-6-2-7-13-18/h1-16H,(H2,26,28,29). The first-order valence-electron chi connectivity index (χ1n) is 9.18. The quantitative estimate of drug-likeness (QED) is 0.333. The van der Waals surface area contributed by atoms with E-state index in [1.54, 1.807) is 0 Å². The van der Waals surface area contributed by atoms with E-state index < -0.39 is 31.2 Å². The summed E-state index contributed by atoms with van der Waals surface area (Å²) in [6.45, 7) is 0. The fraction of sp³-hybridized carbons (Fsp3) is 0. The minimum Gasteiger partial charge on any atom is -0.265 e. The van der Waals surface area contributed by atoms with Crippen molar-refractivity contribution in [3.63, 3.8) is 0 Å². The predicted octanol–water partition coefficient (Wildman–Crippen LogP) is 5.82. The Morgan fingerprint density at radius 1 is 0.633 bits per heavy atom. The van der Waals surface area contributed by atoms with Gasteiger partial charge in [-0.3, -0.25) is 3.07 Å². The molecule has 0 heterocycles. The third-order valence-corrected chi connectivity index (χ3v) is 7.72. The van der Waals surface area contributed by atoms with Crippen LogP contribution in [0.15, 0.2) is 102 Å². The van der Waals surface area contributed by atoms with Gasteiger partial charge in [0.05, 0.1) is 3.57 Å². The number of benzene rings is 4. The molecule has 4 aromatic rings. The SMILES string of the molecule is NS(=O)(=O)c1c(I=O)c(-c2ccccc2)cc(-c2ccccc2)c1-c1ccccc1. The number of rotatable bonds is 5. The maximum atomic E-state index is 12.8. The van der Waals surface area contributed by atoms with E-state index in [9.17, 15) is 11.5 Å². The molecule has 4 nitrogen and oxygen atoms in total. The average Bonchev–Trinajstić information content (AvgIpc) is 2.78. The molecular formula is C24H18INO3S. The fourth-order valence-electron chi connectivity index (χ4n) is 3.54. The summed E-state index contributed by atoms with van der Waals surface area (Å²) in [6.07, 6.45) is 0. The molecule has 6 heteroatoms. The zero-order valence-corrected chi connectivity index (χ0v) is 18.8. The van der Waals surface area contributed by atoms with E-state index in [-0.39, 0.29) is 4.90 Å². The minimum absolute atomic E-state index is 0.0586. The monoisotopic (exact) mass is 527 g/mol. The van der Waals surface area contributed by atoms with Crippen LogP contribution in [0.4, 0.5) is 0 Å². The molecule has 0 saturated heterocycles. The number of hydrogen-bond acceptors (Lipinski definition) is 3. The second-order valence-corrected chi connectivity index (χ2v) is 9.73. The second kappa shape index (κ2) is 8.59. The molecular weight excluding hydrogens is 509 g/mol. The second-order valence-electron chi connectivity index (χ2n) is 6.71. The molecule has 150 valence electrons. The van der Waals surface area contributed by atoms with E-state index in [4.69, 9.17) is 5.14 Å². The van der Waals surface area contributed by atoms with Gasteiger partial charge in [-0.25, -0.2) is 13.6 Å². The minimum atomic E-state index is -4.16. The van der Waals surface area contributed by atoms with Crippen molar-refractivity contribution in [2.45, 2.75) is 4.90 Å². The third-order valence-electron chi connectivity index (χ3n) is 4.81. The normalized spacial score (nSPS) is 11.4. The van der Waals surface area contributed by atoms with Crippen molar-refractivity contribution >= 4 is 31.2 Å². The average molecular weight is 527 g/mol. The van der Waals surface area contributed by atoms with Crippen molar-refractivity contribution in [1.29, 1.82) is 0 Å². The van der Waals surface area contributed by atoms with Crippen LogP contribution in [-0.2, 0) is 13.1 Å². The molecule has 0 amide bonds. The predicted molar refractivity (Wildman–Crippen MR) is 128 cm³/mol. The molecule has 0 aliphatic rings. The summed E-state index contributed by atoms with van der Waals surface area (Å²) in [7, 11) is -4.16. The summed E-state index contributed by atoms with van der Waals surface area (Å²) in [5, 5.41) is 5.72. The zero-order chi connectivity index (χ0) is 21.1. The number of hydrogen-bond donors (Lipinski definition) is 1. The van der Waals surface area contributed by atoms with Gasteiger partial charge in [0.25, 0.3) is 0 Å². The van der Waals surface area contributed by atoms with E-state index in [1.165, 1.54) is 0 Å². The molecule has 0 fully saturated rings. The lowest BCUT2D eigenvalue weighted by atomic mass is 9.91. The summed E-state index contributed by atoms with van der Waals surface area (Å²) >= 11 is -1.83. The Balaban J connectivity index is 2.22. The first-order valence-corrected chi connectivity index (χ1v) is 12.7. The zero-order valence-electron chi connectivity index (χ0n) is 15.8. The van der Waals surface area contributed by atoms with E-state index in [0.717, 1.165) is 16.7 Å². The largest absolute Gasteiger partial charge is 0.265 e. The van der Waals surface area contributed by atoms with Gasteiger partial charge < -0.3 is 0 Å². The highest BCUT2D eigenvalue weighted by atomic mass is 127. The highest BCUT2D eigenvalue weighted by molar-refractivity contribution is 14.1. The van der Waals surface area contributed by atoms with E-state index in [1.807, 2.05) is 97.1 Å². The van der Waals surface area contributed by atoms with Crippen molar-refractivity contribution in [1.82, 2.24) is 0 Å². The van der Waals surface area contributed by atoms with E-state index >= 15 is 0 Å². The topological polar surface area (TPSA) is 77.2 Å². The third kappa shape index (κ3) is 3.98. The summed E-state index contributed by atoms with van der Waals surface area (Å²) in [5.41, 5.74) is 4.19. The van der Waals surface area contributed by atoms with E-state index in [0.29, 0.717) is 20.3 Å². The lowest BCUT2D eigenvalue weighted by Gasteiger charge is -2.19. The van der Waals surface area contributed by atoms with Crippen LogP contribution in [0, 0.1) is 3.57 Å². The maximum absolute atomic E-state index is 12.8. The molecule has 0 unspecified atom stereocenters. The van der Waals surface area contributed by atoms with Gasteiger partial charge in [0.1, 0.15) is 4.90 Å². The molecule has 2 N–H and O–H groups in total. The summed E-state index contributed by atoms with van der Waals surface area (Å²) in [5.74, 6) is 0. The van der Waals surface area contributed by atoms with Gasteiger partial charge in [0, 0.05) is 5.56 Å². The van der Waals surface area contributed by atoms with Gasteiger partial charge >= 0.3 is 0 Å². The molecule has 0 spiro atoms. The molecule has 4 aromatic carbocycles. The van der Waals surface area contributed by atoms with Crippen LogP contribution in [-0.4, -0.2) is 8.42 Å². The molecule has 30 heavy (non-hydrogen) atoms. The Hall–Kier alpha value is -2.68. The Bertz CT molecular complexity index is 1310. The van der Waals surface area contributed by atoms with Gasteiger partial charge in [-0.1, -0.05) is 91.0 Å². The van der Waals surface area contributed by atoms with Crippen LogP contribution < -0.4 is 5.14 Å². The first-order chi connectivity index (χ1) is 14.5. The summed E-state index contributed by atoms with van der Waals surface area (Å²) < 4.78 is 38.4. The van der Waals surface area contributed by atoms with Gasteiger partial charge in [-0.2, -0.15) is 0 Å². The van der Waals surface area contributed by atoms with Crippen molar-refractivity contribution in [2.75, 3.05) is 0 Å². The Kier molecular flexibility index (Phi) is 5.90. The highest BCUT2D eigenvalue weighted by Gasteiger charge is 2.27. The summed E-state index contributed by atoms with van der Waals surface area (Å²) in [4.78, 5) is -0.0586. The van der Waals surface area contributed by atoms with Crippen molar-refractivity contribution in [3.8, 4) is 33.4 Å². The number of halogens is 1. The van der Waals surface area contributed by atoms with Gasteiger partial charge in [0.2, 0.25) is 10.0 Å². The van der Waals surface area contributed by atoms with E-state index in [2.05, 4.69) is 0 Å². The van der Waals surface area contributed by atoms with Crippen LogP contribution in [0.25, 0.3) is 33.4 Å². The number of sulfonamides is 1. The molecule has 0 radical (unpaired) electrons. The molecule has 0 aliphatic heterocycles. The number of primary sulfonamides is 1. The lowest BCUT2D eigenvalue weighted by molar-refractivity contribution is 0.597. The molecule has 0 atom stereocenters. The molecule has 0 saturated carbocycles. The van der Waals surface area contributed by atoms with Crippen LogP contribution in [0.5, 0.6) is 0 Å². The van der Waals surface area contributed by atoms with Crippen molar-refractivity contribution in [2.24, 2.45) is 5.14 Å². The molecule has 4 rings (SSSR count). The summed E-state index contributed by atoms with van der Waals surface area (Å²) in [6, 6.07) is 30.1. The van der Waals surface area contributed by atoms with Gasteiger partial charge in [-0.15, -0.1) is 0 Å². The lowest BCUT2D eigenvalue weighted by Crippen LogP contribution is -2.16. The van der Waals surface area contributed by atoms with Gasteiger partial charge in [0.15, 0.2) is 21.2 Å². The Morgan fingerprint density at radius 2 is 1.07 bits per heavy atom. The Labute approximate surface area is 186 Å². The Morgan fingerprint density at radius 3 is 1.50 bits per heavy atom. The number of nitrogens with two attached hydrogens (primary N) is 1. The van der Waals surface area contributed by atoms with Gasteiger partial charge in [-0.05, 0) is 33.9 Å². The molecule has 0 bridgehead atoms. The molecule has 0 aromatic heterocycles. The van der Waals surface area contributed by atoms with Crippen molar-refractivity contribution < 1.29 is 11.5 Å². The van der Waals surface area contributed by atoms with Crippen molar-refractivity contribution in [3.05, 3.63) is 101 Å². The maximum Gasteiger partial charge on any atom is 0.239 e. The smallest absolute Gasteiger partial charge is 0.239 e. The van der Waals surface area contributed by atoms with Crippen LogP contribution in [0.1, 0.15) is 0 Å². The molecule has 0 aliphatic carbocycles. The van der Waals surface area contributed by atoms with Crippen LogP contribution in [0.3, 0.4) is 0 Å². The van der Waals surface area contributed by atoms with Crippen LogP contribution >= 0.6 is 21.2 Å². The fourth-order valence-corrected chi connectivity index (χ4v) is 6.72. The first kappa shape index (κ1) is 20.6. The van der Waals surface area contributed by atoms with Crippen LogP contribution in [0.2, 0.25) is 0 Å². The highest BCUT2D eigenvalue weighted by Crippen LogP contribution is 2.44.